The van der Waals surface area contributed by atoms with Crippen LogP contribution in [0.4, 0.5) is 24.7 Å². The maximum absolute atomic E-state index is 13.3. The van der Waals surface area contributed by atoms with E-state index in [0.29, 0.717) is 31.8 Å². The molecule has 16 heteroatoms. The molecule has 1 saturated carbocycles. The van der Waals surface area contributed by atoms with E-state index < -0.39 is 18.1 Å². The average molecular weight is 615 g/mol. The summed E-state index contributed by atoms with van der Waals surface area (Å²) < 4.78 is 42.7. The highest BCUT2D eigenvalue weighted by atomic mass is 32.1. The summed E-state index contributed by atoms with van der Waals surface area (Å²) in [7, 11) is 1.64. The summed E-state index contributed by atoms with van der Waals surface area (Å²) in [5, 5.41) is 14.5. The number of piperidine rings is 1. The number of rotatable bonds is 8. The molecule has 1 aliphatic heterocycles. The van der Waals surface area contributed by atoms with Crippen LogP contribution in [0, 0.1) is 5.92 Å². The minimum Gasteiger partial charge on any atom is -0.369 e. The Balaban J connectivity index is 1.24. The number of aromatic nitrogens is 7. The van der Waals surface area contributed by atoms with Gasteiger partial charge in [-0.15, -0.1) is 21.5 Å². The minimum atomic E-state index is -4.49. The van der Waals surface area contributed by atoms with Gasteiger partial charge in [0.25, 0.3) is 5.91 Å². The SMILES string of the molecule is CNC(=O)C1CCN(c2cnc(C(=O)Nc3csc(-c4nncn4C(C)C(F)(F)F)n3)cc2-n2cnc(C3CC3)c2)CC1. The number of hydrogen-bond donors (Lipinski definition) is 2. The largest absolute Gasteiger partial charge is 0.408 e. The highest BCUT2D eigenvalue weighted by Gasteiger charge is 2.39. The van der Waals surface area contributed by atoms with Gasteiger partial charge in [-0.05, 0) is 38.7 Å². The summed E-state index contributed by atoms with van der Waals surface area (Å²) in [4.78, 5) is 40.9. The Morgan fingerprint density at radius 1 is 1.09 bits per heavy atom. The molecule has 2 fully saturated rings. The maximum Gasteiger partial charge on any atom is 0.408 e. The van der Waals surface area contributed by atoms with E-state index in [2.05, 4.69) is 40.7 Å². The van der Waals surface area contributed by atoms with Crippen molar-refractivity contribution in [3.63, 3.8) is 0 Å². The van der Waals surface area contributed by atoms with E-state index in [9.17, 15) is 22.8 Å². The van der Waals surface area contributed by atoms with Crippen LogP contribution in [0.1, 0.15) is 60.7 Å². The lowest BCUT2D eigenvalue weighted by Gasteiger charge is -2.33. The van der Waals surface area contributed by atoms with Gasteiger partial charge in [0.15, 0.2) is 10.8 Å². The second-order valence-electron chi connectivity index (χ2n) is 10.7. The van der Waals surface area contributed by atoms with Crippen molar-refractivity contribution in [2.24, 2.45) is 5.92 Å². The summed E-state index contributed by atoms with van der Waals surface area (Å²) in [6.07, 6.45) is 5.46. The number of imidazole rings is 1. The number of pyridine rings is 1. The molecule has 6 rings (SSSR count). The summed E-state index contributed by atoms with van der Waals surface area (Å²) in [5.74, 6) is 0.00497. The van der Waals surface area contributed by atoms with Crippen molar-refractivity contribution in [2.45, 2.75) is 50.7 Å². The highest BCUT2D eigenvalue weighted by Crippen LogP contribution is 2.40. The van der Waals surface area contributed by atoms with Gasteiger partial charge in [0.05, 0.1) is 29.6 Å². The van der Waals surface area contributed by atoms with Crippen LogP contribution in [-0.4, -0.2) is 72.4 Å². The number of nitrogens with one attached hydrogen (secondary N) is 2. The number of hydrogen-bond acceptors (Lipinski definition) is 9. The van der Waals surface area contributed by atoms with E-state index in [4.69, 9.17) is 0 Å². The van der Waals surface area contributed by atoms with Crippen molar-refractivity contribution in [2.75, 3.05) is 30.4 Å². The van der Waals surface area contributed by atoms with Crippen molar-refractivity contribution >= 4 is 34.7 Å². The fourth-order valence-corrected chi connectivity index (χ4v) is 5.85. The molecule has 5 heterocycles. The van der Waals surface area contributed by atoms with Gasteiger partial charge in [-0.3, -0.25) is 14.2 Å². The average Bonchev–Trinajstić information content (AvgIpc) is 3.36. The van der Waals surface area contributed by atoms with Gasteiger partial charge in [-0.2, -0.15) is 13.2 Å². The Labute approximate surface area is 248 Å². The van der Waals surface area contributed by atoms with Crippen LogP contribution in [0.2, 0.25) is 0 Å². The lowest BCUT2D eigenvalue weighted by atomic mass is 9.95. The fraction of sp³-hybridized carbons (Fsp3) is 0.444. The molecule has 1 saturated heterocycles. The first-order valence-electron chi connectivity index (χ1n) is 13.9. The van der Waals surface area contributed by atoms with Gasteiger partial charge in [-0.25, -0.2) is 15.0 Å². The lowest BCUT2D eigenvalue weighted by Crippen LogP contribution is -2.40. The van der Waals surface area contributed by atoms with Crippen LogP contribution < -0.4 is 15.5 Å². The van der Waals surface area contributed by atoms with Crippen molar-refractivity contribution < 1.29 is 22.8 Å². The predicted octanol–water partition coefficient (Wildman–Crippen LogP) is 4.20. The molecule has 0 radical (unpaired) electrons. The number of halogens is 3. The van der Waals surface area contributed by atoms with Crippen molar-refractivity contribution in [3.05, 3.63) is 47.9 Å². The zero-order valence-electron chi connectivity index (χ0n) is 23.4. The number of alkyl halides is 3. The van der Waals surface area contributed by atoms with E-state index in [1.165, 1.54) is 5.38 Å². The second-order valence-corrected chi connectivity index (χ2v) is 11.5. The molecule has 1 unspecified atom stereocenters. The Morgan fingerprint density at radius 2 is 1.86 bits per heavy atom. The molecule has 1 atom stereocenters. The zero-order valence-corrected chi connectivity index (χ0v) is 24.2. The number of carbonyl (C=O) groups is 2. The quantitative estimate of drug-likeness (QED) is 0.302. The Hall–Kier alpha value is -4.34. The first-order chi connectivity index (χ1) is 20.6. The standard InChI is InChI=1S/C27H29F3N10O2S/c1-15(27(28,29)30)40-14-34-37-23(40)26-36-22(12-43-26)35-25(42)18-9-20(39-11-19(33-13-39)16-3-4-16)21(10-32-18)38-7-5-17(6-8-38)24(41)31-2/h9-17H,3-8H2,1-2H3,(H,31,41)(H,35,42). The normalized spacial score (nSPS) is 16.7. The molecule has 4 aromatic rings. The predicted molar refractivity (Wildman–Crippen MR) is 152 cm³/mol. The minimum absolute atomic E-state index is 0.0361. The highest BCUT2D eigenvalue weighted by molar-refractivity contribution is 7.13. The summed E-state index contributed by atoms with van der Waals surface area (Å²) in [6, 6.07) is -0.165. The van der Waals surface area contributed by atoms with E-state index in [0.717, 1.165) is 59.1 Å². The van der Waals surface area contributed by atoms with Gasteiger partial charge in [0, 0.05) is 43.5 Å². The van der Waals surface area contributed by atoms with Gasteiger partial charge < -0.3 is 20.1 Å². The number of amides is 2. The molecule has 2 N–H and O–H groups in total. The molecule has 0 spiro atoms. The molecule has 0 bridgehead atoms. The van der Waals surface area contributed by atoms with Crippen LogP contribution in [0.15, 0.2) is 36.5 Å². The molecule has 1 aliphatic carbocycles. The van der Waals surface area contributed by atoms with Crippen LogP contribution in [0.25, 0.3) is 16.5 Å². The Kier molecular flexibility index (Phi) is 7.62. The van der Waals surface area contributed by atoms with Gasteiger partial charge in [0.1, 0.15) is 23.9 Å². The van der Waals surface area contributed by atoms with Crippen molar-refractivity contribution in [1.29, 1.82) is 0 Å². The molecule has 2 amide bonds. The third-order valence-electron chi connectivity index (χ3n) is 7.82. The molecule has 12 nitrogen and oxygen atoms in total. The third kappa shape index (κ3) is 5.96. The second kappa shape index (κ2) is 11.4. The Morgan fingerprint density at radius 3 is 2.56 bits per heavy atom. The van der Waals surface area contributed by atoms with E-state index in [-0.39, 0.29) is 34.2 Å². The number of nitrogens with zero attached hydrogens (tertiary/aromatic N) is 8. The number of carbonyl (C=O) groups excluding carboxylic acids is 2. The summed E-state index contributed by atoms with van der Waals surface area (Å²) >= 11 is 1.04. The molecule has 0 aromatic carbocycles. The Bertz CT molecular complexity index is 1640. The smallest absolute Gasteiger partial charge is 0.369 e. The van der Waals surface area contributed by atoms with Crippen molar-refractivity contribution in [3.8, 4) is 16.5 Å². The summed E-state index contributed by atoms with van der Waals surface area (Å²) in [6.45, 7) is 2.32. The maximum atomic E-state index is 13.3. The molecule has 4 aromatic heterocycles. The lowest BCUT2D eigenvalue weighted by molar-refractivity contribution is -0.162. The summed E-state index contributed by atoms with van der Waals surface area (Å²) in [5.41, 5.74) is 2.67. The van der Waals surface area contributed by atoms with Crippen LogP contribution in [0.3, 0.4) is 0 Å². The topological polar surface area (TPSA) is 136 Å². The molecular weight excluding hydrogens is 585 g/mol. The van der Waals surface area contributed by atoms with Crippen LogP contribution in [0.5, 0.6) is 0 Å². The van der Waals surface area contributed by atoms with Gasteiger partial charge in [0.2, 0.25) is 5.91 Å². The van der Waals surface area contributed by atoms with Crippen LogP contribution >= 0.6 is 11.3 Å². The van der Waals surface area contributed by atoms with Gasteiger partial charge >= 0.3 is 6.18 Å². The van der Waals surface area contributed by atoms with E-state index in [1.807, 2.05) is 10.8 Å². The van der Waals surface area contributed by atoms with Crippen molar-refractivity contribution in [1.82, 2.24) is 39.6 Å². The molecule has 43 heavy (non-hydrogen) atoms. The zero-order chi connectivity index (χ0) is 30.3. The molecule has 2 aliphatic rings. The number of thiazole rings is 1. The fourth-order valence-electron chi connectivity index (χ4n) is 5.11. The van der Waals surface area contributed by atoms with E-state index >= 15 is 0 Å². The molecule has 226 valence electrons. The first kappa shape index (κ1) is 28.8. The first-order valence-corrected chi connectivity index (χ1v) is 14.7. The monoisotopic (exact) mass is 614 g/mol. The van der Waals surface area contributed by atoms with Gasteiger partial charge in [-0.1, -0.05) is 0 Å². The third-order valence-corrected chi connectivity index (χ3v) is 8.66. The van der Waals surface area contributed by atoms with Crippen LogP contribution in [-0.2, 0) is 4.79 Å². The number of anilines is 2. The van der Waals surface area contributed by atoms with E-state index in [1.54, 1.807) is 25.6 Å². The molecular formula is C27H29F3N10O2S.